The number of ether oxygens (including phenoxy) is 1. The van der Waals surface area contributed by atoms with Gasteiger partial charge in [0.1, 0.15) is 11.8 Å². The van der Waals surface area contributed by atoms with Crippen molar-refractivity contribution in [2.45, 2.75) is 32.7 Å². The van der Waals surface area contributed by atoms with E-state index in [0.717, 1.165) is 11.1 Å². The molecule has 0 fully saturated rings. The topological polar surface area (TPSA) is 75.6 Å². The number of rotatable bonds is 8. The summed E-state index contributed by atoms with van der Waals surface area (Å²) >= 11 is 0. The molecule has 26 heavy (non-hydrogen) atoms. The zero-order valence-corrected chi connectivity index (χ0v) is 15.4. The van der Waals surface area contributed by atoms with Crippen LogP contribution < -0.4 is 10.1 Å². The standard InChI is InChI=1S/C21H25NO4/c1-21(2,14-16-11-7-8-12-18(16)26-3)20(25)22-17(19(23)24)13-15-9-5-4-6-10-15/h4-12,17H,13-14H2,1-3H3,(H,22,25)(H,23,24). The minimum atomic E-state index is -1.05. The van der Waals surface area contributed by atoms with Crippen LogP contribution in [0.15, 0.2) is 54.6 Å². The fourth-order valence-electron chi connectivity index (χ4n) is 2.81. The SMILES string of the molecule is COc1ccccc1CC(C)(C)C(=O)NC(Cc1ccccc1)C(=O)O. The number of hydrogen-bond donors (Lipinski definition) is 2. The van der Waals surface area contributed by atoms with Gasteiger partial charge in [-0.05, 0) is 23.6 Å². The van der Waals surface area contributed by atoms with E-state index in [0.29, 0.717) is 12.2 Å². The van der Waals surface area contributed by atoms with Crippen molar-refractivity contribution < 1.29 is 19.4 Å². The molecular formula is C21H25NO4. The van der Waals surface area contributed by atoms with Crippen LogP contribution in [0.3, 0.4) is 0 Å². The Balaban J connectivity index is 2.10. The second kappa shape index (κ2) is 8.52. The number of aliphatic carboxylic acids is 1. The minimum absolute atomic E-state index is 0.243. The maximum Gasteiger partial charge on any atom is 0.326 e. The van der Waals surface area contributed by atoms with Gasteiger partial charge in [-0.2, -0.15) is 0 Å². The molecule has 0 aliphatic rings. The highest BCUT2D eigenvalue weighted by atomic mass is 16.5. The van der Waals surface area contributed by atoms with Crippen LogP contribution >= 0.6 is 0 Å². The van der Waals surface area contributed by atoms with E-state index < -0.39 is 17.4 Å². The van der Waals surface area contributed by atoms with Crippen molar-refractivity contribution in [3.63, 3.8) is 0 Å². The first kappa shape index (κ1) is 19.5. The van der Waals surface area contributed by atoms with Gasteiger partial charge in [-0.25, -0.2) is 4.79 Å². The highest BCUT2D eigenvalue weighted by Crippen LogP contribution is 2.28. The van der Waals surface area contributed by atoms with Crippen LogP contribution in [0.1, 0.15) is 25.0 Å². The maximum absolute atomic E-state index is 12.8. The van der Waals surface area contributed by atoms with E-state index in [9.17, 15) is 14.7 Å². The molecule has 0 saturated heterocycles. The molecule has 2 aromatic carbocycles. The van der Waals surface area contributed by atoms with Crippen LogP contribution in [0.2, 0.25) is 0 Å². The quantitative estimate of drug-likeness (QED) is 0.763. The Morgan fingerprint density at radius 2 is 1.69 bits per heavy atom. The lowest BCUT2D eigenvalue weighted by Gasteiger charge is -2.26. The van der Waals surface area contributed by atoms with Crippen molar-refractivity contribution in [2.24, 2.45) is 5.41 Å². The van der Waals surface area contributed by atoms with Crippen LogP contribution in [0.4, 0.5) is 0 Å². The van der Waals surface area contributed by atoms with Crippen molar-refractivity contribution in [1.29, 1.82) is 0 Å². The molecule has 2 N–H and O–H groups in total. The third kappa shape index (κ3) is 5.09. The molecule has 2 aromatic rings. The van der Waals surface area contributed by atoms with Gasteiger partial charge in [0.2, 0.25) is 5.91 Å². The normalized spacial score (nSPS) is 12.3. The molecule has 0 spiro atoms. The van der Waals surface area contributed by atoms with Gasteiger partial charge in [0.15, 0.2) is 0 Å². The number of nitrogens with one attached hydrogen (secondary N) is 1. The second-order valence-corrected chi connectivity index (χ2v) is 6.93. The van der Waals surface area contributed by atoms with Gasteiger partial charge in [-0.1, -0.05) is 62.4 Å². The first-order chi connectivity index (χ1) is 12.3. The van der Waals surface area contributed by atoms with E-state index in [-0.39, 0.29) is 12.3 Å². The van der Waals surface area contributed by atoms with Gasteiger partial charge in [0.25, 0.3) is 0 Å². The molecule has 1 atom stereocenters. The van der Waals surface area contributed by atoms with E-state index in [1.54, 1.807) is 21.0 Å². The molecule has 0 bridgehead atoms. The third-order valence-corrected chi connectivity index (χ3v) is 4.33. The number of amides is 1. The summed E-state index contributed by atoms with van der Waals surface area (Å²) in [4.78, 5) is 24.3. The molecule has 1 amide bonds. The van der Waals surface area contributed by atoms with Crippen LogP contribution in [-0.2, 0) is 22.4 Å². The average molecular weight is 355 g/mol. The number of carboxylic acids is 1. The number of carboxylic acid groups (broad SMARTS) is 1. The number of hydrogen-bond acceptors (Lipinski definition) is 3. The summed E-state index contributed by atoms with van der Waals surface area (Å²) in [5.41, 5.74) is 0.992. The van der Waals surface area contributed by atoms with Crippen molar-refractivity contribution in [3.05, 3.63) is 65.7 Å². The first-order valence-electron chi connectivity index (χ1n) is 8.53. The average Bonchev–Trinajstić information content (AvgIpc) is 2.62. The Hall–Kier alpha value is -2.82. The lowest BCUT2D eigenvalue weighted by Crippen LogP contribution is -2.48. The van der Waals surface area contributed by atoms with Gasteiger partial charge in [0, 0.05) is 11.8 Å². The molecule has 0 radical (unpaired) electrons. The molecule has 5 nitrogen and oxygen atoms in total. The van der Waals surface area contributed by atoms with Gasteiger partial charge >= 0.3 is 5.97 Å². The van der Waals surface area contributed by atoms with E-state index in [1.807, 2.05) is 54.6 Å². The third-order valence-electron chi connectivity index (χ3n) is 4.33. The summed E-state index contributed by atoms with van der Waals surface area (Å²) in [5, 5.41) is 12.2. The van der Waals surface area contributed by atoms with Crippen LogP contribution in [0, 0.1) is 5.41 Å². The van der Waals surface area contributed by atoms with Crippen molar-refractivity contribution in [3.8, 4) is 5.75 Å². The Labute approximate surface area is 154 Å². The van der Waals surface area contributed by atoms with E-state index in [1.165, 1.54) is 0 Å². The Morgan fingerprint density at radius 1 is 1.08 bits per heavy atom. The highest BCUT2D eigenvalue weighted by Gasteiger charge is 2.32. The van der Waals surface area contributed by atoms with E-state index >= 15 is 0 Å². The summed E-state index contributed by atoms with van der Waals surface area (Å²) in [6.07, 6.45) is 0.688. The zero-order valence-electron chi connectivity index (χ0n) is 15.4. The van der Waals surface area contributed by atoms with E-state index in [4.69, 9.17) is 4.74 Å². The van der Waals surface area contributed by atoms with Crippen LogP contribution in [0.5, 0.6) is 5.75 Å². The van der Waals surface area contributed by atoms with Gasteiger partial charge < -0.3 is 15.2 Å². The van der Waals surface area contributed by atoms with Crippen molar-refractivity contribution >= 4 is 11.9 Å². The fourth-order valence-corrected chi connectivity index (χ4v) is 2.81. The maximum atomic E-state index is 12.8. The molecule has 0 heterocycles. The summed E-state index contributed by atoms with van der Waals surface area (Å²) in [6, 6.07) is 15.8. The molecule has 0 saturated carbocycles. The number of carbonyl (C=O) groups is 2. The Kier molecular flexibility index (Phi) is 6.39. The fraction of sp³-hybridized carbons (Fsp3) is 0.333. The van der Waals surface area contributed by atoms with Crippen LogP contribution in [-0.4, -0.2) is 30.1 Å². The van der Waals surface area contributed by atoms with E-state index in [2.05, 4.69) is 5.32 Å². The highest BCUT2D eigenvalue weighted by molar-refractivity contribution is 5.87. The molecule has 0 aliphatic heterocycles. The molecule has 2 rings (SSSR count). The predicted molar refractivity (Wildman–Crippen MR) is 100 cm³/mol. The Bertz CT molecular complexity index is 756. The number of methoxy groups -OCH3 is 1. The number of benzene rings is 2. The zero-order chi connectivity index (χ0) is 19.2. The summed E-state index contributed by atoms with van der Waals surface area (Å²) in [7, 11) is 1.59. The largest absolute Gasteiger partial charge is 0.496 e. The summed E-state index contributed by atoms with van der Waals surface area (Å²) in [6.45, 7) is 3.60. The summed E-state index contributed by atoms with van der Waals surface area (Å²) in [5.74, 6) is -0.630. The van der Waals surface area contributed by atoms with Crippen molar-refractivity contribution in [2.75, 3.05) is 7.11 Å². The smallest absolute Gasteiger partial charge is 0.326 e. The molecule has 138 valence electrons. The van der Waals surface area contributed by atoms with Gasteiger partial charge in [-0.15, -0.1) is 0 Å². The molecule has 5 heteroatoms. The van der Waals surface area contributed by atoms with Crippen LogP contribution in [0.25, 0.3) is 0 Å². The first-order valence-corrected chi connectivity index (χ1v) is 8.53. The predicted octanol–water partition coefficient (Wildman–Crippen LogP) is 3.08. The Morgan fingerprint density at radius 3 is 2.31 bits per heavy atom. The molecule has 1 unspecified atom stereocenters. The second-order valence-electron chi connectivity index (χ2n) is 6.93. The van der Waals surface area contributed by atoms with Gasteiger partial charge in [-0.3, -0.25) is 4.79 Å². The number of para-hydroxylation sites is 1. The monoisotopic (exact) mass is 355 g/mol. The molecule has 0 aliphatic carbocycles. The molecule has 0 aromatic heterocycles. The molecular weight excluding hydrogens is 330 g/mol. The number of carbonyl (C=O) groups excluding carboxylic acids is 1. The van der Waals surface area contributed by atoms with Gasteiger partial charge in [0.05, 0.1) is 7.11 Å². The lowest BCUT2D eigenvalue weighted by molar-refractivity contribution is -0.143. The minimum Gasteiger partial charge on any atom is -0.496 e. The summed E-state index contributed by atoms with van der Waals surface area (Å²) < 4.78 is 5.34. The van der Waals surface area contributed by atoms with Crippen molar-refractivity contribution in [1.82, 2.24) is 5.32 Å². The lowest BCUT2D eigenvalue weighted by atomic mass is 9.84.